The summed E-state index contributed by atoms with van der Waals surface area (Å²) in [6.45, 7) is 4.63. The molecule has 2 aromatic rings. The molecule has 0 bridgehead atoms. The summed E-state index contributed by atoms with van der Waals surface area (Å²) in [6, 6.07) is 1.74. The molecule has 21 heavy (non-hydrogen) atoms. The van der Waals surface area contributed by atoms with Gasteiger partial charge in [0, 0.05) is 18.9 Å². The first-order chi connectivity index (χ1) is 9.95. The van der Waals surface area contributed by atoms with Gasteiger partial charge in [0.25, 0.3) is 5.95 Å². The third-order valence-corrected chi connectivity index (χ3v) is 2.55. The highest BCUT2D eigenvalue weighted by Crippen LogP contribution is 2.13. The Balaban J connectivity index is 2.37. The Morgan fingerprint density at radius 3 is 2.71 bits per heavy atom. The lowest BCUT2D eigenvalue weighted by Crippen LogP contribution is -2.37. The van der Waals surface area contributed by atoms with Gasteiger partial charge in [0.05, 0.1) is 6.54 Å². The molecule has 0 unspecified atom stereocenters. The Labute approximate surface area is 122 Å². The van der Waals surface area contributed by atoms with Crippen molar-refractivity contribution in [2.75, 3.05) is 23.7 Å². The number of anilines is 2. The van der Waals surface area contributed by atoms with Crippen LogP contribution in [0.4, 0.5) is 11.9 Å². The first-order valence-corrected chi connectivity index (χ1v) is 6.50. The number of nitrogen functional groups attached to an aromatic ring is 1. The maximum absolute atomic E-state index is 11.2. The Morgan fingerprint density at radius 1 is 1.38 bits per heavy atom. The number of aromatic nitrogens is 5. The standard InChI is InChI=1S/C12H18N8O/c1-8(2)6-19(7-9(13)21)11-16-10(14)17-12(18-11)20-5-3-4-15-20/h3-5,8H,6-7H2,1-2H3,(H2,13,21)(H2,14,16,17,18). The fourth-order valence-electron chi connectivity index (χ4n) is 1.85. The Bertz CT molecular complexity index is 610. The lowest BCUT2D eigenvalue weighted by atomic mass is 10.2. The van der Waals surface area contributed by atoms with Gasteiger partial charge in [-0.05, 0) is 12.0 Å². The van der Waals surface area contributed by atoms with E-state index in [4.69, 9.17) is 11.5 Å². The molecule has 112 valence electrons. The highest BCUT2D eigenvalue weighted by atomic mass is 16.1. The number of rotatable bonds is 6. The number of hydrogen-bond donors (Lipinski definition) is 2. The minimum atomic E-state index is -0.463. The third-order valence-electron chi connectivity index (χ3n) is 2.55. The molecule has 0 aliphatic heterocycles. The van der Waals surface area contributed by atoms with Crippen molar-refractivity contribution in [1.82, 2.24) is 24.7 Å². The lowest BCUT2D eigenvalue weighted by Gasteiger charge is -2.23. The number of carbonyl (C=O) groups excluding carboxylic acids is 1. The molecule has 0 fully saturated rings. The van der Waals surface area contributed by atoms with E-state index in [0.717, 1.165) is 0 Å². The normalized spacial score (nSPS) is 10.8. The van der Waals surface area contributed by atoms with Crippen molar-refractivity contribution in [3.8, 4) is 5.95 Å². The lowest BCUT2D eigenvalue weighted by molar-refractivity contribution is -0.116. The molecule has 4 N–H and O–H groups in total. The number of primary amides is 1. The van der Waals surface area contributed by atoms with E-state index in [-0.39, 0.29) is 12.5 Å². The molecule has 0 aliphatic rings. The maximum atomic E-state index is 11.2. The molecule has 0 aliphatic carbocycles. The molecule has 2 heterocycles. The van der Waals surface area contributed by atoms with Gasteiger partial charge in [-0.25, -0.2) is 4.68 Å². The van der Waals surface area contributed by atoms with E-state index in [1.807, 2.05) is 13.8 Å². The molecule has 0 spiro atoms. The summed E-state index contributed by atoms with van der Waals surface area (Å²) in [5.74, 6) is 0.496. The smallest absolute Gasteiger partial charge is 0.257 e. The van der Waals surface area contributed by atoms with E-state index in [0.29, 0.717) is 24.4 Å². The van der Waals surface area contributed by atoms with Crippen molar-refractivity contribution in [2.45, 2.75) is 13.8 Å². The highest BCUT2D eigenvalue weighted by molar-refractivity contribution is 5.78. The van der Waals surface area contributed by atoms with Crippen molar-refractivity contribution in [2.24, 2.45) is 11.7 Å². The summed E-state index contributed by atoms with van der Waals surface area (Å²) in [5, 5.41) is 4.05. The van der Waals surface area contributed by atoms with Crippen LogP contribution in [0.15, 0.2) is 18.5 Å². The SMILES string of the molecule is CC(C)CN(CC(N)=O)c1nc(N)nc(-n2cccn2)n1. The molecule has 0 saturated heterocycles. The summed E-state index contributed by atoms with van der Waals surface area (Å²) >= 11 is 0. The average molecular weight is 290 g/mol. The van der Waals surface area contributed by atoms with Crippen molar-refractivity contribution < 1.29 is 4.79 Å². The van der Waals surface area contributed by atoms with Crippen LogP contribution in [-0.4, -0.2) is 43.7 Å². The van der Waals surface area contributed by atoms with Crippen LogP contribution in [0.3, 0.4) is 0 Å². The molecule has 9 heteroatoms. The van der Waals surface area contributed by atoms with Gasteiger partial charge in [0.1, 0.15) is 0 Å². The van der Waals surface area contributed by atoms with Crippen molar-refractivity contribution >= 4 is 17.8 Å². The van der Waals surface area contributed by atoms with Crippen LogP contribution in [0.25, 0.3) is 5.95 Å². The van der Waals surface area contributed by atoms with Crippen LogP contribution >= 0.6 is 0 Å². The van der Waals surface area contributed by atoms with Gasteiger partial charge in [-0.15, -0.1) is 0 Å². The Morgan fingerprint density at radius 2 is 2.14 bits per heavy atom. The first-order valence-electron chi connectivity index (χ1n) is 6.50. The van der Waals surface area contributed by atoms with Gasteiger partial charge < -0.3 is 16.4 Å². The summed E-state index contributed by atoms with van der Waals surface area (Å²) in [7, 11) is 0. The monoisotopic (exact) mass is 290 g/mol. The van der Waals surface area contributed by atoms with E-state index in [9.17, 15) is 4.79 Å². The van der Waals surface area contributed by atoms with Crippen molar-refractivity contribution in [3.63, 3.8) is 0 Å². The summed E-state index contributed by atoms with van der Waals surface area (Å²) in [6.07, 6.45) is 3.30. The van der Waals surface area contributed by atoms with E-state index >= 15 is 0 Å². The highest BCUT2D eigenvalue weighted by Gasteiger charge is 2.16. The molecule has 0 aromatic carbocycles. The molecule has 1 amide bonds. The largest absolute Gasteiger partial charge is 0.368 e. The van der Waals surface area contributed by atoms with Gasteiger partial charge in [0.15, 0.2) is 0 Å². The van der Waals surface area contributed by atoms with Crippen LogP contribution < -0.4 is 16.4 Å². The quantitative estimate of drug-likeness (QED) is 0.739. The van der Waals surface area contributed by atoms with Crippen LogP contribution in [0, 0.1) is 5.92 Å². The van der Waals surface area contributed by atoms with E-state index in [1.165, 1.54) is 4.68 Å². The maximum Gasteiger partial charge on any atom is 0.257 e. The summed E-state index contributed by atoms with van der Waals surface area (Å²) < 4.78 is 1.47. The molecule has 0 saturated carbocycles. The predicted octanol–water partition coefficient (Wildman–Crippen LogP) is -0.413. The number of nitrogens with two attached hydrogens (primary N) is 2. The molecular formula is C12H18N8O. The second kappa shape index (κ2) is 6.16. The van der Waals surface area contributed by atoms with Gasteiger partial charge >= 0.3 is 0 Å². The third kappa shape index (κ3) is 3.88. The zero-order chi connectivity index (χ0) is 15.4. The van der Waals surface area contributed by atoms with Crippen LogP contribution in [0.5, 0.6) is 0 Å². The molecule has 0 atom stereocenters. The Kier molecular flexibility index (Phi) is 4.31. The molecule has 2 aromatic heterocycles. The van der Waals surface area contributed by atoms with E-state index in [1.54, 1.807) is 23.4 Å². The minimum absolute atomic E-state index is 0.0141. The van der Waals surface area contributed by atoms with Gasteiger partial charge in [-0.1, -0.05) is 13.8 Å². The second-order valence-corrected chi connectivity index (χ2v) is 4.98. The zero-order valence-electron chi connectivity index (χ0n) is 12.0. The minimum Gasteiger partial charge on any atom is -0.368 e. The average Bonchev–Trinajstić information content (AvgIpc) is 2.90. The molecule has 2 rings (SSSR count). The van der Waals surface area contributed by atoms with Crippen LogP contribution in [0.2, 0.25) is 0 Å². The molecule has 0 radical (unpaired) electrons. The number of nitrogens with zero attached hydrogens (tertiary/aromatic N) is 6. The fraction of sp³-hybridized carbons (Fsp3) is 0.417. The van der Waals surface area contributed by atoms with Gasteiger partial charge in [0.2, 0.25) is 17.8 Å². The van der Waals surface area contributed by atoms with Crippen molar-refractivity contribution in [3.05, 3.63) is 18.5 Å². The molecular weight excluding hydrogens is 272 g/mol. The first kappa shape index (κ1) is 14.7. The Hall–Kier alpha value is -2.71. The fourth-order valence-corrected chi connectivity index (χ4v) is 1.85. The van der Waals surface area contributed by atoms with Gasteiger partial charge in [-0.2, -0.15) is 20.1 Å². The summed E-state index contributed by atoms with van der Waals surface area (Å²) in [5.41, 5.74) is 11.0. The van der Waals surface area contributed by atoms with E-state index < -0.39 is 5.91 Å². The van der Waals surface area contributed by atoms with Crippen molar-refractivity contribution in [1.29, 1.82) is 0 Å². The topological polar surface area (TPSA) is 129 Å². The van der Waals surface area contributed by atoms with E-state index in [2.05, 4.69) is 20.1 Å². The van der Waals surface area contributed by atoms with Crippen LogP contribution in [0.1, 0.15) is 13.8 Å². The second-order valence-electron chi connectivity index (χ2n) is 4.98. The van der Waals surface area contributed by atoms with Gasteiger partial charge in [-0.3, -0.25) is 4.79 Å². The van der Waals surface area contributed by atoms with Crippen LogP contribution in [-0.2, 0) is 4.79 Å². The number of hydrogen-bond acceptors (Lipinski definition) is 7. The number of amides is 1. The summed E-state index contributed by atoms with van der Waals surface area (Å²) in [4.78, 5) is 25.3. The number of carbonyl (C=O) groups is 1. The molecule has 9 nitrogen and oxygen atoms in total. The zero-order valence-corrected chi connectivity index (χ0v) is 12.0. The predicted molar refractivity (Wildman–Crippen MR) is 77.6 cm³/mol.